The summed E-state index contributed by atoms with van der Waals surface area (Å²) in [7, 11) is 0. The molecular weight excluding hydrogens is 158 g/mol. The lowest BCUT2D eigenvalue weighted by molar-refractivity contribution is 0.418. The molecule has 2 rings (SSSR count). The van der Waals surface area contributed by atoms with Gasteiger partial charge in [0.2, 0.25) is 0 Å². The van der Waals surface area contributed by atoms with Gasteiger partial charge < -0.3 is 0 Å². The smallest absolute Gasteiger partial charge is 0.0429 e. The van der Waals surface area contributed by atoms with E-state index < -0.39 is 0 Å². The zero-order valence-electron chi connectivity index (χ0n) is 8.46. The van der Waals surface area contributed by atoms with Gasteiger partial charge >= 0.3 is 0 Å². The average molecular weight is 175 g/mol. The first-order chi connectivity index (χ1) is 6.27. The molecule has 1 nitrogen and oxygen atoms in total. The lowest BCUT2D eigenvalue weighted by Gasteiger charge is -2.25. The molecule has 1 aromatic rings. The van der Waals surface area contributed by atoms with E-state index >= 15 is 0 Å². The van der Waals surface area contributed by atoms with Crippen molar-refractivity contribution < 1.29 is 0 Å². The van der Waals surface area contributed by atoms with E-state index in [-0.39, 0.29) is 0 Å². The minimum absolute atomic E-state index is 0.551. The average Bonchev–Trinajstić information content (AvgIpc) is 2.02. The van der Waals surface area contributed by atoms with Crippen molar-refractivity contribution in [1.82, 2.24) is 4.98 Å². The summed E-state index contributed by atoms with van der Waals surface area (Å²) in [5, 5.41) is 0. The van der Waals surface area contributed by atoms with Crippen molar-refractivity contribution in [3.63, 3.8) is 0 Å². The number of rotatable bonds is 2. The summed E-state index contributed by atoms with van der Waals surface area (Å²) in [5.41, 5.74) is 2.65. The topological polar surface area (TPSA) is 12.9 Å². The Hall–Kier alpha value is -0.850. The second-order valence-corrected chi connectivity index (χ2v) is 4.30. The first kappa shape index (κ1) is 8.74. The van der Waals surface area contributed by atoms with Gasteiger partial charge in [0.15, 0.2) is 0 Å². The summed E-state index contributed by atoms with van der Waals surface area (Å²) >= 11 is 0. The maximum absolute atomic E-state index is 4.48. The van der Waals surface area contributed by atoms with Crippen LogP contribution in [0.25, 0.3) is 0 Å². The Bertz CT molecular complexity index is 270. The van der Waals surface area contributed by atoms with Crippen LogP contribution in [-0.4, -0.2) is 4.98 Å². The Morgan fingerprint density at radius 3 is 2.46 bits per heavy atom. The van der Waals surface area contributed by atoms with Crippen LogP contribution in [-0.2, 0) is 0 Å². The quantitative estimate of drug-likeness (QED) is 0.670. The molecule has 1 fully saturated rings. The molecule has 1 heteroatoms. The van der Waals surface area contributed by atoms with E-state index in [0.29, 0.717) is 5.92 Å². The lowest BCUT2D eigenvalue weighted by atomic mass is 9.80. The molecule has 0 atom stereocenters. The van der Waals surface area contributed by atoms with Crippen LogP contribution < -0.4 is 0 Å². The van der Waals surface area contributed by atoms with E-state index in [1.807, 2.05) is 0 Å². The maximum Gasteiger partial charge on any atom is 0.0429 e. The largest absolute Gasteiger partial charge is 0.261 e. The van der Waals surface area contributed by atoms with Crippen LogP contribution in [0.5, 0.6) is 0 Å². The third-order valence-electron chi connectivity index (χ3n) is 2.98. The van der Waals surface area contributed by atoms with Gasteiger partial charge in [-0.15, -0.1) is 0 Å². The predicted octanol–water partition coefficient (Wildman–Crippen LogP) is 3.47. The summed E-state index contributed by atoms with van der Waals surface area (Å²) in [5.74, 6) is 1.36. The summed E-state index contributed by atoms with van der Waals surface area (Å²) in [4.78, 5) is 4.48. The van der Waals surface area contributed by atoms with Gasteiger partial charge in [-0.1, -0.05) is 26.3 Å². The van der Waals surface area contributed by atoms with Crippen molar-refractivity contribution in [1.29, 1.82) is 0 Å². The Labute approximate surface area is 80.2 Å². The standard InChI is InChI=1S/C12H17N/c1-9(2)12-7-6-11(8-13-12)10-4-3-5-10/h6-10H,3-5H2,1-2H3. The summed E-state index contributed by atoms with van der Waals surface area (Å²) < 4.78 is 0. The van der Waals surface area contributed by atoms with Gasteiger partial charge in [0.25, 0.3) is 0 Å². The molecule has 0 spiro atoms. The molecule has 1 aromatic heterocycles. The summed E-state index contributed by atoms with van der Waals surface area (Å²) in [6, 6.07) is 4.44. The van der Waals surface area contributed by atoms with Crippen LogP contribution in [0.4, 0.5) is 0 Å². The summed E-state index contributed by atoms with van der Waals surface area (Å²) in [6.07, 6.45) is 6.20. The molecule has 1 aliphatic rings. The van der Waals surface area contributed by atoms with Crippen molar-refractivity contribution in [3.8, 4) is 0 Å². The Morgan fingerprint density at radius 1 is 1.31 bits per heavy atom. The molecule has 0 bridgehead atoms. The maximum atomic E-state index is 4.48. The van der Waals surface area contributed by atoms with Gasteiger partial charge in [-0.25, -0.2) is 0 Å². The molecule has 0 N–H and O–H groups in total. The van der Waals surface area contributed by atoms with Gasteiger partial charge in [0, 0.05) is 11.9 Å². The molecule has 0 amide bonds. The third kappa shape index (κ3) is 1.74. The van der Waals surface area contributed by atoms with Crippen LogP contribution in [0.15, 0.2) is 18.3 Å². The molecule has 70 valence electrons. The highest BCUT2D eigenvalue weighted by Gasteiger charge is 2.19. The highest BCUT2D eigenvalue weighted by molar-refractivity contribution is 5.21. The fourth-order valence-electron chi connectivity index (χ4n) is 1.74. The Morgan fingerprint density at radius 2 is 2.08 bits per heavy atom. The highest BCUT2D eigenvalue weighted by Crippen LogP contribution is 2.35. The molecule has 0 aromatic carbocycles. The third-order valence-corrected chi connectivity index (χ3v) is 2.98. The van der Waals surface area contributed by atoms with E-state index in [1.54, 1.807) is 0 Å². The fraction of sp³-hybridized carbons (Fsp3) is 0.583. The van der Waals surface area contributed by atoms with Crippen LogP contribution in [0.1, 0.15) is 56.2 Å². The lowest BCUT2D eigenvalue weighted by Crippen LogP contribution is -2.09. The first-order valence-electron chi connectivity index (χ1n) is 5.23. The molecule has 13 heavy (non-hydrogen) atoms. The first-order valence-corrected chi connectivity index (χ1v) is 5.23. The minimum Gasteiger partial charge on any atom is -0.261 e. The highest BCUT2D eigenvalue weighted by atomic mass is 14.7. The molecule has 0 radical (unpaired) electrons. The predicted molar refractivity (Wildman–Crippen MR) is 54.9 cm³/mol. The molecule has 1 heterocycles. The van der Waals surface area contributed by atoms with Crippen molar-refractivity contribution in [2.75, 3.05) is 0 Å². The van der Waals surface area contributed by atoms with Crippen molar-refractivity contribution in [2.24, 2.45) is 0 Å². The van der Waals surface area contributed by atoms with Gasteiger partial charge in [-0.3, -0.25) is 4.98 Å². The van der Waals surface area contributed by atoms with E-state index in [4.69, 9.17) is 0 Å². The van der Waals surface area contributed by atoms with Gasteiger partial charge in [-0.2, -0.15) is 0 Å². The van der Waals surface area contributed by atoms with Gasteiger partial charge in [0.05, 0.1) is 0 Å². The second-order valence-electron chi connectivity index (χ2n) is 4.30. The van der Waals surface area contributed by atoms with E-state index in [0.717, 1.165) is 5.92 Å². The van der Waals surface area contributed by atoms with Crippen molar-refractivity contribution >= 4 is 0 Å². The zero-order chi connectivity index (χ0) is 9.26. The van der Waals surface area contributed by atoms with Crippen LogP contribution >= 0.6 is 0 Å². The Kier molecular flexibility index (Phi) is 2.34. The molecule has 0 unspecified atom stereocenters. The number of aromatic nitrogens is 1. The van der Waals surface area contributed by atoms with Crippen LogP contribution in [0.2, 0.25) is 0 Å². The molecular formula is C12H17N. The SMILES string of the molecule is CC(C)c1ccc(C2CCC2)cn1. The molecule has 0 saturated heterocycles. The van der Waals surface area contributed by atoms with E-state index in [2.05, 4.69) is 37.2 Å². The molecule has 1 saturated carbocycles. The number of hydrogen-bond donors (Lipinski definition) is 0. The zero-order valence-corrected chi connectivity index (χ0v) is 8.46. The number of nitrogens with zero attached hydrogens (tertiary/aromatic N) is 1. The van der Waals surface area contributed by atoms with Crippen LogP contribution in [0.3, 0.4) is 0 Å². The normalized spacial score (nSPS) is 17.5. The minimum atomic E-state index is 0.551. The van der Waals surface area contributed by atoms with Crippen LogP contribution in [0, 0.1) is 0 Å². The monoisotopic (exact) mass is 175 g/mol. The van der Waals surface area contributed by atoms with Crippen molar-refractivity contribution in [2.45, 2.75) is 44.9 Å². The second kappa shape index (κ2) is 3.49. The molecule has 1 aliphatic carbocycles. The Balaban J connectivity index is 2.13. The summed E-state index contributed by atoms with van der Waals surface area (Å²) in [6.45, 7) is 4.37. The molecule has 0 aliphatic heterocycles. The van der Waals surface area contributed by atoms with Crippen molar-refractivity contribution in [3.05, 3.63) is 29.6 Å². The fourth-order valence-corrected chi connectivity index (χ4v) is 1.74. The van der Waals surface area contributed by atoms with Gasteiger partial charge in [-0.05, 0) is 36.3 Å². The number of pyridine rings is 1. The van der Waals surface area contributed by atoms with E-state index in [9.17, 15) is 0 Å². The van der Waals surface area contributed by atoms with Gasteiger partial charge in [0.1, 0.15) is 0 Å². The number of hydrogen-bond acceptors (Lipinski definition) is 1. The van der Waals surface area contributed by atoms with E-state index in [1.165, 1.54) is 30.5 Å².